The van der Waals surface area contributed by atoms with Crippen molar-refractivity contribution in [2.75, 3.05) is 32.8 Å². The number of β-amino-alcohol motifs (C(OH)–C–C–N with tert-alkyl or cyclic N) is 1. The number of likely N-dealkylation sites (tertiary alicyclic amines) is 2. The van der Waals surface area contributed by atoms with Crippen molar-refractivity contribution < 1.29 is 14.6 Å². The van der Waals surface area contributed by atoms with Gasteiger partial charge in [-0.2, -0.15) is 0 Å². The van der Waals surface area contributed by atoms with Crippen LogP contribution in [0.5, 0.6) is 5.75 Å². The van der Waals surface area contributed by atoms with Crippen LogP contribution in [0.4, 0.5) is 0 Å². The molecule has 5 heteroatoms. The monoisotopic (exact) mass is 332 g/mol. The van der Waals surface area contributed by atoms with Crippen molar-refractivity contribution in [2.45, 2.75) is 44.8 Å². The molecule has 1 aromatic carbocycles. The highest BCUT2D eigenvalue weighted by atomic mass is 16.5. The summed E-state index contributed by atoms with van der Waals surface area (Å²) in [7, 11) is 0. The number of aliphatic hydroxyl groups is 1. The molecule has 0 saturated carbocycles. The second kappa shape index (κ2) is 7.99. The third-order valence-corrected chi connectivity index (χ3v) is 4.99. The van der Waals surface area contributed by atoms with E-state index >= 15 is 0 Å². The Balaban J connectivity index is 1.62. The SMILES string of the molecule is CCOc1ccc(C2CCCN2C(=O)CN2CCCC(O)C2)cc1. The maximum absolute atomic E-state index is 12.8. The van der Waals surface area contributed by atoms with Gasteiger partial charge in [-0.25, -0.2) is 0 Å². The first-order chi connectivity index (χ1) is 11.7. The Hall–Kier alpha value is -1.59. The van der Waals surface area contributed by atoms with Crippen LogP contribution in [-0.2, 0) is 4.79 Å². The van der Waals surface area contributed by atoms with Crippen molar-refractivity contribution in [3.8, 4) is 5.75 Å². The molecule has 2 aliphatic rings. The fraction of sp³-hybridized carbons (Fsp3) is 0.632. The smallest absolute Gasteiger partial charge is 0.237 e. The van der Waals surface area contributed by atoms with E-state index in [1.807, 2.05) is 24.0 Å². The maximum atomic E-state index is 12.8. The quantitative estimate of drug-likeness (QED) is 0.898. The van der Waals surface area contributed by atoms with E-state index in [0.717, 1.165) is 44.5 Å². The van der Waals surface area contributed by atoms with Gasteiger partial charge in [0.25, 0.3) is 0 Å². The summed E-state index contributed by atoms with van der Waals surface area (Å²) in [6.45, 7) is 5.41. The molecule has 0 radical (unpaired) electrons. The average Bonchev–Trinajstić information content (AvgIpc) is 3.06. The zero-order chi connectivity index (χ0) is 16.9. The van der Waals surface area contributed by atoms with E-state index in [0.29, 0.717) is 19.7 Å². The first kappa shape index (κ1) is 17.2. The summed E-state index contributed by atoms with van der Waals surface area (Å²) >= 11 is 0. The summed E-state index contributed by atoms with van der Waals surface area (Å²) < 4.78 is 5.50. The van der Waals surface area contributed by atoms with E-state index < -0.39 is 0 Å². The first-order valence-corrected chi connectivity index (χ1v) is 9.10. The summed E-state index contributed by atoms with van der Waals surface area (Å²) in [5, 5.41) is 9.78. The fourth-order valence-corrected chi connectivity index (χ4v) is 3.82. The fourth-order valence-electron chi connectivity index (χ4n) is 3.82. The molecule has 2 unspecified atom stereocenters. The van der Waals surface area contributed by atoms with E-state index in [1.165, 1.54) is 5.56 Å². The van der Waals surface area contributed by atoms with Crippen LogP contribution in [0.25, 0.3) is 0 Å². The molecule has 132 valence electrons. The number of hydrogen-bond acceptors (Lipinski definition) is 4. The standard InChI is InChI=1S/C19H28N2O3/c1-2-24-17-9-7-15(8-10-17)18-6-4-12-21(18)19(23)14-20-11-3-5-16(22)13-20/h7-10,16,18,22H,2-6,11-14H2,1H3. The van der Waals surface area contributed by atoms with Gasteiger partial charge >= 0.3 is 0 Å². The van der Waals surface area contributed by atoms with Gasteiger partial charge in [-0.1, -0.05) is 12.1 Å². The van der Waals surface area contributed by atoms with Crippen LogP contribution in [0.15, 0.2) is 24.3 Å². The topological polar surface area (TPSA) is 53.0 Å². The van der Waals surface area contributed by atoms with Crippen molar-refractivity contribution in [2.24, 2.45) is 0 Å². The number of amides is 1. The Kier molecular flexibility index (Phi) is 5.74. The number of ether oxygens (including phenoxy) is 1. The van der Waals surface area contributed by atoms with Crippen LogP contribution in [0.2, 0.25) is 0 Å². The molecule has 2 atom stereocenters. The average molecular weight is 332 g/mol. The molecule has 5 nitrogen and oxygen atoms in total. The minimum absolute atomic E-state index is 0.169. The van der Waals surface area contributed by atoms with Crippen molar-refractivity contribution in [1.82, 2.24) is 9.80 Å². The lowest BCUT2D eigenvalue weighted by molar-refractivity contribution is -0.134. The lowest BCUT2D eigenvalue weighted by Gasteiger charge is -2.32. The molecule has 2 aliphatic heterocycles. The Morgan fingerprint density at radius 2 is 1.96 bits per heavy atom. The maximum Gasteiger partial charge on any atom is 0.237 e. The number of rotatable bonds is 5. The number of carbonyl (C=O) groups is 1. The van der Waals surface area contributed by atoms with Gasteiger partial charge in [-0.05, 0) is 56.8 Å². The third-order valence-electron chi connectivity index (χ3n) is 4.99. The zero-order valence-corrected chi connectivity index (χ0v) is 14.5. The highest BCUT2D eigenvalue weighted by molar-refractivity contribution is 5.79. The molecule has 1 amide bonds. The molecule has 0 aromatic heterocycles. The highest BCUT2D eigenvalue weighted by Crippen LogP contribution is 2.33. The second-order valence-electron chi connectivity index (χ2n) is 6.78. The van der Waals surface area contributed by atoms with E-state index in [-0.39, 0.29) is 18.1 Å². The van der Waals surface area contributed by atoms with E-state index in [2.05, 4.69) is 17.0 Å². The van der Waals surface area contributed by atoms with Crippen LogP contribution in [-0.4, -0.2) is 59.7 Å². The van der Waals surface area contributed by atoms with Gasteiger partial charge in [0.1, 0.15) is 5.75 Å². The molecule has 1 N–H and O–H groups in total. The molecule has 2 heterocycles. The van der Waals surface area contributed by atoms with E-state index in [9.17, 15) is 9.90 Å². The van der Waals surface area contributed by atoms with Gasteiger partial charge < -0.3 is 14.7 Å². The lowest BCUT2D eigenvalue weighted by Crippen LogP contribution is -2.45. The molecular formula is C19H28N2O3. The largest absolute Gasteiger partial charge is 0.494 e. The number of nitrogens with zero attached hydrogens (tertiary/aromatic N) is 2. The minimum atomic E-state index is -0.285. The highest BCUT2D eigenvalue weighted by Gasteiger charge is 2.31. The van der Waals surface area contributed by atoms with Crippen molar-refractivity contribution in [3.05, 3.63) is 29.8 Å². The second-order valence-corrected chi connectivity index (χ2v) is 6.78. The molecule has 3 rings (SSSR count). The molecule has 2 fully saturated rings. The lowest BCUT2D eigenvalue weighted by atomic mass is 10.0. The Morgan fingerprint density at radius 1 is 1.21 bits per heavy atom. The van der Waals surface area contributed by atoms with Gasteiger partial charge in [0.15, 0.2) is 0 Å². The number of piperidine rings is 1. The normalized spacial score (nSPS) is 25.0. The van der Waals surface area contributed by atoms with Crippen LogP contribution in [0, 0.1) is 0 Å². The predicted molar refractivity (Wildman–Crippen MR) is 93.0 cm³/mol. The third kappa shape index (κ3) is 4.08. The molecule has 0 spiro atoms. The van der Waals surface area contributed by atoms with Crippen molar-refractivity contribution in [3.63, 3.8) is 0 Å². The summed E-state index contributed by atoms with van der Waals surface area (Å²) in [4.78, 5) is 16.8. The van der Waals surface area contributed by atoms with Crippen LogP contribution >= 0.6 is 0 Å². The number of hydrogen-bond donors (Lipinski definition) is 1. The van der Waals surface area contributed by atoms with Gasteiger partial charge in [-0.15, -0.1) is 0 Å². The Morgan fingerprint density at radius 3 is 2.67 bits per heavy atom. The zero-order valence-electron chi connectivity index (χ0n) is 14.5. The summed E-state index contributed by atoms with van der Waals surface area (Å²) in [6.07, 6.45) is 3.60. The molecule has 0 aliphatic carbocycles. The Bertz CT molecular complexity index is 546. The van der Waals surface area contributed by atoms with Gasteiger partial charge in [0, 0.05) is 13.1 Å². The minimum Gasteiger partial charge on any atom is -0.494 e. The summed E-state index contributed by atoms with van der Waals surface area (Å²) in [5.74, 6) is 1.06. The van der Waals surface area contributed by atoms with Crippen LogP contribution in [0.1, 0.15) is 44.2 Å². The molecule has 2 saturated heterocycles. The summed E-state index contributed by atoms with van der Waals surface area (Å²) in [6, 6.07) is 8.29. The van der Waals surface area contributed by atoms with Gasteiger partial charge in [-0.3, -0.25) is 9.69 Å². The Labute approximate surface area is 144 Å². The van der Waals surface area contributed by atoms with E-state index in [4.69, 9.17) is 4.74 Å². The van der Waals surface area contributed by atoms with Crippen LogP contribution < -0.4 is 4.74 Å². The van der Waals surface area contributed by atoms with Crippen molar-refractivity contribution >= 4 is 5.91 Å². The van der Waals surface area contributed by atoms with Gasteiger partial charge in [0.05, 0.1) is 25.3 Å². The first-order valence-electron chi connectivity index (χ1n) is 9.10. The molecule has 24 heavy (non-hydrogen) atoms. The summed E-state index contributed by atoms with van der Waals surface area (Å²) in [5.41, 5.74) is 1.18. The molecule has 0 bridgehead atoms. The van der Waals surface area contributed by atoms with Gasteiger partial charge in [0.2, 0.25) is 5.91 Å². The molecular weight excluding hydrogens is 304 g/mol. The van der Waals surface area contributed by atoms with Crippen LogP contribution in [0.3, 0.4) is 0 Å². The van der Waals surface area contributed by atoms with Crippen molar-refractivity contribution in [1.29, 1.82) is 0 Å². The molecule has 1 aromatic rings. The number of carbonyl (C=O) groups excluding carboxylic acids is 1. The predicted octanol–water partition coefficient (Wildman–Crippen LogP) is 2.21. The number of benzene rings is 1. The van der Waals surface area contributed by atoms with E-state index in [1.54, 1.807) is 0 Å². The number of aliphatic hydroxyl groups excluding tert-OH is 1.